The van der Waals surface area contributed by atoms with Crippen LogP contribution in [0.3, 0.4) is 0 Å². The lowest BCUT2D eigenvalue weighted by Crippen LogP contribution is -2.24. The Hall–Kier alpha value is -1.90. The molecule has 0 saturated heterocycles. The minimum Gasteiger partial charge on any atom is -0.392 e. The van der Waals surface area contributed by atoms with Crippen LogP contribution in [0.2, 0.25) is 0 Å². The number of nitrogens with one attached hydrogen (secondary N) is 1. The maximum atomic E-state index is 13.6. The predicted octanol–water partition coefficient (Wildman–Crippen LogP) is 0.895. The van der Waals surface area contributed by atoms with Gasteiger partial charge in [0.2, 0.25) is 10.0 Å². The van der Waals surface area contributed by atoms with E-state index in [9.17, 15) is 12.8 Å². The summed E-state index contributed by atoms with van der Waals surface area (Å²) in [5.41, 5.74) is 0.608. The fraction of sp³-hybridized carbons (Fsp3) is 0.231. The molecule has 0 unspecified atom stereocenters. The second-order valence-electron chi connectivity index (χ2n) is 4.40. The van der Waals surface area contributed by atoms with Gasteiger partial charge in [0.15, 0.2) is 0 Å². The summed E-state index contributed by atoms with van der Waals surface area (Å²) in [6.07, 6.45) is 2.82. The molecule has 21 heavy (non-hydrogen) atoms. The van der Waals surface area contributed by atoms with Crippen LogP contribution in [0, 0.1) is 12.7 Å². The number of sulfonamides is 1. The topological polar surface area (TPSA) is 92.2 Å². The SMILES string of the molecule is Cc1cc(S(=O)(=O)NCc2ccncn2)cc(CO)c1F. The lowest BCUT2D eigenvalue weighted by atomic mass is 10.1. The van der Waals surface area contributed by atoms with Gasteiger partial charge < -0.3 is 5.11 Å². The molecular formula is C13H14FN3O3S. The molecule has 2 N–H and O–H groups in total. The van der Waals surface area contributed by atoms with E-state index < -0.39 is 22.4 Å². The number of hydrogen-bond acceptors (Lipinski definition) is 5. The zero-order chi connectivity index (χ0) is 15.5. The summed E-state index contributed by atoms with van der Waals surface area (Å²) >= 11 is 0. The van der Waals surface area contributed by atoms with Crippen molar-refractivity contribution < 1.29 is 17.9 Å². The van der Waals surface area contributed by atoms with E-state index in [4.69, 9.17) is 5.11 Å². The van der Waals surface area contributed by atoms with Gasteiger partial charge in [0.1, 0.15) is 12.1 Å². The van der Waals surface area contributed by atoms with Crippen LogP contribution in [-0.4, -0.2) is 23.5 Å². The summed E-state index contributed by atoms with van der Waals surface area (Å²) in [7, 11) is -3.82. The molecule has 6 nitrogen and oxygen atoms in total. The minimum atomic E-state index is -3.82. The van der Waals surface area contributed by atoms with E-state index in [-0.39, 0.29) is 22.6 Å². The molecule has 1 heterocycles. The van der Waals surface area contributed by atoms with Crippen LogP contribution >= 0.6 is 0 Å². The number of hydrogen-bond donors (Lipinski definition) is 2. The van der Waals surface area contributed by atoms with Gasteiger partial charge in [-0.2, -0.15) is 0 Å². The molecule has 0 fully saturated rings. The van der Waals surface area contributed by atoms with Gasteiger partial charge in [-0.3, -0.25) is 0 Å². The highest BCUT2D eigenvalue weighted by molar-refractivity contribution is 7.89. The number of aliphatic hydroxyl groups is 1. The highest BCUT2D eigenvalue weighted by Gasteiger charge is 2.18. The molecule has 1 aromatic heterocycles. The standard InChI is InChI=1S/C13H14FN3O3S/c1-9-4-12(5-10(7-18)13(9)14)21(19,20)17-6-11-2-3-15-8-16-11/h2-5,8,17-18H,6-7H2,1H3. The van der Waals surface area contributed by atoms with E-state index >= 15 is 0 Å². The lowest BCUT2D eigenvalue weighted by Gasteiger charge is -2.10. The Morgan fingerprint density at radius 1 is 1.38 bits per heavy atom. The molecule has 112 valence electrons. The Kier molecular flexibility index (Phi) is 4.61. The van der Waals surface area contributed by atoms with E-state index in [1.54, 1.807) is 6.07 Å². The van der Waals surface area contributed by atoms with Gasteiger partial charge in [-0.05, 0) is 30.7 Å². The third-order valence-electron chi connectivity index (χ3n) is 2.87. The molecule has 0 spiro atoms. The highest BCUT2D eigenvalue weighted by atomic mass is 32.2. The number of halogens is 1. The van der Waals surface area contributed by atoms with Crippen LogP contribution in [0.5, 0.6) is 0 Å². The minimum absolute atomic E-state index is 0.00423. The van der Waals surface area contributed by atoms with Crippen LogP contribution in [0.25, 0.3) is 0 Å². The Balaban J connectivity index is 2.25. The van der Waals surface area contributed by atoms with Crippen molar-refractivity contribution in [2.24, 2.45) is 0 Å². The van der Waals surface area contributed by atoms with Gasteiger partial charge in [0.25, 0.3) is 0 Å². The zero-order valence-corrected chi connectivity index (χ0v) is 12.1. The maximum absolute atomic E-state index is 13.6. The molecule has 0 atom stereocenters. The Bertz CT molecular complexity index is 736. The Morgan fingerprint density at radius 2 is 2.14 bits per heavy atom. The van der Waals surface area contributed by atoms with Crippen molar-refractivity contribution in [2.45, 2.75) is 25.0 Å². The van der Waals surface area contributed by atoms with E-state index in [2.05, 4.69) is 14.7 Å². The summed E-state index contributed by atoms with van der Waals surface area (Å²) in [4.78, 5) is 7.54. The second kappa shape index (κ2) is 6.25. The monoisotopic (exact) mass is 311 g/mol. The molecule has 0 aliphatic heterocycles. The fourth-order valence-corrected chi connectivity index (χ4v) is 2.89. The van der Waals surface area contributed by atoms with Gasteiger partial charge in [-0.1, -0.05) is 0 Å². The van der Waals surface area contributed by atoms with Crippen molar-refractivity contribution >= 4 is 10.0 Å². The van der Waals surface area contributed by atoms with Gasteiger partial charge in [-0.15, -0.1) is 0 Å². The van der Waals surface area contributed by atoms with Crippen molar-refractivity contribution in [3.8, 4) is 0 Å². The molecule has 8 heteroatoms. The molecule has 0 saturated carbocycles. The van der Waals surface area contributed by atoms with Crippen molar-refractivity contribution in [3.63, 3.8) is 0 Å². The second-order valence-corrected chi connectivity index (χ2v) is 6.16. The van der Waals surface area contributed by atoms with Gasteiger partial charge >= 0.3 is 0 Å². The fourth-order valence-electron chi connectivity index (χ4n) is 1.75. The molecule has 1 aromatic carbocycles. The molecular weight excluding hydrogens is 297 g/mol. The summed E-state index contributed by atoms with van der Waals surface area (Å²) in [6, 6.07) is 3.92. The van der Waals surface area contributed by atoms with E-state index in [1.807, 2.05) is 0 Å². The molecule has 2 aromatic rings. The number of rotatable bonds is 5. The van der Waals surface area contributed by atoms with Crippen LogP contribution in [0.4, 0.5) is 4.39 Å². The van der Waals surface area contributed by atoms with Crippen molar-refractivity contribution in [1.82, 2.24) is 14.7 Å². The number of aromatic nitrogens is 2. The van der Waals surface area contributed by atoms with E-state index in [0.29, 0.717) is 5.69 Å². The van der Waals surface area contributed by atoms with E-state index in [1.165, 1.54) is 25.5 Å². The Morgan fingerprint density at radius 3 is 2.76 bits per heavy atom. The smallest absolute Gasteiger partial charge is 0.240 e. The number of aliphatic hydroxyl groups excluding tert-OH is 1. The Labute approximate surface area is 121 Å². The average Bonchev–Trinajstić information content (AvgIpc) is 2.49. The maximum Gasteiger partial charge on any atom is 0.240 e. The van der Waals surface area contributed by atoms with Crippen molar-refractivity contribution in [2.75, 3.05) is 0 Å². The molecule has 0 aliphatic rings. The first-order chi connectivity index (χ1) is 9.94. The molecule has 2 rings (SSSR count). The van der Waals surface area contributed by atoms with Gasteiger partial charge in [0.05, 0.1) is 23.7 Å². The largest absolute Gasteiger partial charge is 0.392 e. The van der Waals surface area contributed by atoms with Gasteiger partial charge in [0, 0.05) is 11.8 Å². The molecule has 0 amide bonds. The normalized spacial score (nSPS) is 11.6. The highest BCUT2D eigenvalue weighted by Crippen LogP contribution is 2.19. The molecule has 0 bridgehead atoms. The average molecular weight is 311 g/mol. The van der Waals surface area contributed by atoms with Crippen LogP contribution < -0.4 is 4.72 Å². The lowest BCUT2D eigenvalue weighted by molar-refractivity contribution is 0.275. The number of benzene rings is 1. The van der Waals surface area contributed by atoms with Gasteiger partial charge in [-0.25, -0.2) is 27.5 Å². The molecule has 0 aliphatic carbocycles. The summed E-state index contributed by atoms with van der Waals surface area (Å²) < 4.78 is 40.4. The summed E-state index contributed by atoms with van der Waals surface area (Å²) in [5, 5.41) is 9.07. The van der Waals surface area contributed by atoms with Crippen LogP contribution in [-0.2, 0) is 23.2 Å². The number of aryl methyl sites for hydroxylation is 1. The first kappa shape index (κ1) is 15.5. The zero-order valence-electron chi connectivity index (χ0n) is 11.2. The third-order valence-corrected chi connectivity index (χ3v) is 4.25. The van der Waals surface area contributed by atoms with Crippen molar-refractivity contribution in [1.29, 1.82) is 0 Å². The summed E-state index contributed by atoms with van der Waals surface area (Å²) in [5.74, 6) is -0.604. The van der Waals surface area contributed by atoms with Crippen molar-refractivity contribution in [3.05, 3.63) is 53.4 Å². The molecule has 0 radical (unpaired) electrons. The van der Waals surface area contributed by atoms with Crippen LogP contribution in [0.15, 0.2) is 35.6 Å². The van der Waals surface area contributed by atoms with E-state index in [0.717, 1.165) is 6.07 Å². The first-order valence-electron chi connectivity index (χ1n) is 6.08. The summed E-state index contributed by atoms with van der Waals surface area (Å²) in [6.45, 7) is 0.871. The van der Waals surface area contributed by atoms with Crippen LogP contribution in [0.1, 0.15) is 16.8 Å². The quantitative estimate of drug-likeness (QED) is 0.856. The first-order valence-corrected chi connectivity index (χ1v) is 7.57. The number of nitrogens with zero attached hydrogens (tertiary/aromatic N) is 2. The third kappa shape index (κ3) is 3.60. The predicted molar refractivity (Wildman–Crippen MR) is 73.1 cm³/mol.